The third-order valence-electron chi connectivity index (χ3n) is 3.58. The zero-order valence-corrected chi connectivity index (χ0v) is 13.3. The maximum absolute atomic E-state index is 12.1. The van der Waals surface area contributed by atoms with Gasteiger partial charge in [0.2, 0.25) is 0 Å². The summed E-state index contributed by atoms with van der Waals surface area (Å²) in [4.78, 5) is 25.6. The molecule has 1 aromatic carbocycles. The van der Waals surface area contributed by atoms with Crippen molar-refractivity contribution >= 4 is 19.6 Å². The molecule has 1 amide bonds. The van der Waals surface area contributed by atoms with Crippen molar-refractivity contribution in [3.8, 4) is 0 Å². The molecule has 1 saturated heterocycles. The summed E-state index contributed by atoms with van der Waals surface area (Å²) in [6.45, 7) is 6.91. The third-order valence-corrected chi connectivity index (χ3v) is 5.50. The molecule has 1 fully saturated rings. The Morgan fingerprint density at radius 2 is 1.95 bits per heavy atom. The molecule has 0 bridgehead atoms. The van der Waals surface area contributed by atoms with E-state index in [4.69, 9.17) is 4.74 Å². The molecule has 0 saturated carbocycles. The van der Waals surface area contributed by atoms with Crippen molar-refractivity contribution in [2.24, 2.45) is 0 Å². The fraction of sp³-hybridized carbons (Fsp3) is 0.467. The van der Waals surface area contributed by atoms with Crippen LogP contribution in [0.3, 0.4) is 0 Å². The molecule has 0 aromatic heterocycles. The molecule has 5 heteroatoms. The van der Waals surface area contributed by atoms with Gasteiger partial charge in [-0.3, -0.25) is 4.90 Å². The first kappa shape index (κ1) is 14.8. The van der Waals surface area contributed by atoms with Crippen LogP contribution in [-0.2, 0) is 9.53 Å². The molecule has 1 aliphatic rings. The summed E-state index contributed by atoms with van der Waals surface area (Å²) in [7, 11) is -1.77. The Labute approximate surface area is 120 Å². The predicted octanol–water partition coefficient (Wildman–Crippen LogP) is 3.02. The molecule has 1 aromatic rings. The van der Waals surface area contributed by atoms with Gasteiger partial charge in [0, 0.05) is 13.0 Å². The van der Waals surface area contributed by atoms with Gasteiger partial charge in [0.25, 0.3) is 0 Å². The summed E-state index contributed by atoms with van der Waals surface area (Å²) in [5.41, 5.74) is 1.05. The fourth-order valence-electron chi connectivity index (χ4n) is 2.25. The van der Waals surface area contributed by atoms with Crippen molar-refractivity contribution in [2.75, 3.05) is 13.2 Å². The van der Waals surface area contributed by atoms with E-state index >= 15 is 0 Å². The average molecular weight is 291 g/mol. The van der Waals surface area contributed by atoms with Gasteiger partial charge >= 0.3 is 6.09 Å². The summed E-state index contributed by atoms with van der Waals surface area (Å²) >= 11 is 0. The van der Waals surface area contributed by atoms with Crippen molar-refractivity contribution in [1.82, 2.24) is 4.90 Å². The Hall–Kier alpha value is -1.62. The maximum Gasteiger partial charge on any atom is 0.410 e. The maximum atomic E-state index is 12.1. The van der Waals surface area contributed by atoms with E-state index in [2.05, 4.69) is 0 Å². The summed E-state index contributed by atoms with van der Waals surface area (Å²) in [5.74, 6) is 0. The van der Waals surface area contributed by atoms with Crippen molar-refractivity contribution in [3.63, 3.8) is 0 Å². The third kappa shape index (κ3) is 3.28. The molecule has 0 N–H and O–H groups in total. The lowest BCUT2D eigenvalue weighted by Crippen LogP contribution is -2.37. The molecule has 2 rings (SSSR count). The number of cyclic esters (lactones) is 1. The summed E-state index contributed by atoms with van der Waals surface area (Å²) < 4.78 is 5.14. The van der Waals surface area contributed by atoms with E-state index in [1.165, 1.54) is 0 Å². The minimum Gasteiger partial charge on any atom is -0.447 e. The van der Waals surface area contributed by atoms with E-state index in [0.29, 0.717) is 25.0 Å². The van der Waals surface area contributed by atoms with Crippen molar-refractivity contribution in [1.29, 1.82) is 0 Å². The Bertz CT molecular complexity index is 496. The molecular weight excluding hydrogens is 270 g/mol. The highest BCUT2D eigenvalue weighted by atomic mass is 28.3. The van der Waals surface area contributed by atoms with Crippen LogP contribution in [0.2, 0.25) is 19.6 Å². The molecule has 20 heavy (non-hydrogen) atoms. The predicted molar refractivity (Wildman–Crippen MR) is 80.2 cm³/mol. The molecular formula is C15H21NO3Si. The van der Waals surface area contributed by atoms with Gasteiger partial charge in [-0.2, -0.15) is 0 Å². The number of hydrogen-bond acceptors (Lipinski definition) is 3. The van der Waals surface area contributed by atoms with Crippen LogP contribution in [-0.4, -0.2) is 37.6 Å². The highest BCUT2D eigenvalue weighted by molar-refractivity contribution is 7.03. The second-order valence-electron chi connectivity index (χ2n) is 6.12. The van der Waals surface area contributed by atoms with Gasteiger partial charge in [-0.1, -0.05) is 50.0 Å². The highest BCUT2D eigenvalue weighted by Crippen LogP contribution is 2.27. The quantitative estimate of drug-likeness (QED) is 0.783. The van der Waals surface area contributed by atoms with E-state index in [0.717, 1.165) is 5.56 Å². The SMILES string of the molecule is C[Si](C)(C)C(=O)CCN1C(=O)OC[C@@H]1c1ccccc1. The first-order chi connectivity index (χ1) is 9.39. The van der Waals surface area contributed by atoms with Crippen LogP contribution < -0.4 is 0 Å². The van der Waals surface area contributed by atoms with Gasteiger partial charge in [0.15, 0.2) is 0 Å². The minimum atomic E-state index is -1.77. The molecule has 1 aliphatic heterocycles. The largest absolute Gasteiger partial charge is 0.447 e. The van der Waals surface area contributed by atoms with E-state index in [-0.39, 0.29) is 12.1 Å². The molecule has 1 heterocycles. The number of carbonyl (C=O) groups is 2. The highest BCUT2D eigenvalue weighted by Gasteiger charge is 2.35. The number of rotatable bonds is 5. The fourth-order valence-corrected chi connectivity index (χ4v) is 3.11. The molecule has 0 unspecified atom stereocenters. The zero-order chi connectivity index (χ0) is 14.8. The topological polar surface area (TPSA) is 46.6 Å². The van der Waals surface area contributed by atoms with Gasteiger partial charge in [-0.05, 0) is 5.56 Å². The van der Waals surface area contributed by atoms with Crippen LogP contribution in [0.5, 0.6) is 0 Å². The Balaban J connectivity index is 2.05. The van der Waals surface area contributed by atoms with Crippen LogP contribution in [0.15, 0.2) is 30.3 Å². The zero-order valence-electron chi connectivity index (χ0n) is 12.3. The number of carbonyl (C=O) groups excluding carboxylic acids is 2. The lowest BCUT2D eigenvalue weighted by Gasteiger charge is -2.23. The van der Waals surface area contributed by atoms with Crippen molar-refractivity contribution in [3.05, 3.63) is 35.9 Å². The average Bonchev–Trinajstić information content (AvgIpc) is 2.77. The summed E-state index contributed by atoms with van der Waals surface area (Å²) in [5, 5.41) is 0.295. The number of ether oxygens (including phenoxy) is 1. The molecule has 0 spiro atoms. The van der Waals surface area contributed by atoms with E-state index < -0.39 is 8.07 Å². The van der Waals surface area contributed by atoms with E-state index in [1.54, 1.807) is 4.90 Å². The van der Waals surface area contributed by atoms with Gasteiger partial charge in [0.1, 0.15) is 20.1 Å². The first-order valence-electron chi connectivity index (χ1n) is 6.91. The Morgan fingerprint density at radius 3 is 2.55 bits per heavy atom. The minimum absolute atomic E-state index is 0.0712. The van der Waals surface area contributed by atoms with Crippen LogP contribution in [0.25, 0.3) is 0 Å². The molecule has 108 valence electrons. The van der Waals surface area contributed by atoms with Crippen LogP contribution in [0.1, 0.15) is 18.0 Å². The number of nitrogens with zero attached hydrogens (tertiary/aromatic N) is 1. The van der Waals surface area contributed by atoms with Crippen molar-refractivity contribution in [2.45, 2.75) is 32.1 Å². The van der Waals surface area contributed by atoms with Crippen LogP contribution >= 0.6 is 0 Å². The Kier molecular flexibility index (Phi) is 4.28. The smallest absolute Gasteiger partial charge is 0.410 e. The standard InChI is InChI=1S/C15H21NO3Si/c1-20(2,3)14(17)9-10-16-13(11-19-15(16)18)12-7-5-4-6-8-12/h4-8,13H,9-11H2,1-3H3/t13-/m1/s1. The lowest BCUT2D eigenvalue weighted by molar-refractivity contribution is -0.112. The normalized spacial score (nSPS) is 19.1. The van der Waals surface area contributed by atoms with Gasteiger partial charge in [-0.15, -0.1) is 0 Å². The summed E-state index contributed by atoms with van der Waals surface area (Å²) in [6, 6.07) is 9.74. The second kappa shape index (κ2) is 5.79. The first-order valence-corrected chi connectivity index (χ1v) is 10.4. The number of benzene rings is 1. The monoisotopic (exact) mass is 291 g/mol. The van der Waals surface area contributed by atoms with Gasteiger partial charge in [-0.25, -0.2) is 4.79 Å². The van der Waals surface area contributed by atoms with Gasteiger partial charge < -0.3 is 9.53 Å². The Morgan fingerprint density at radius 1 is 1.30 bits per heavy atom. The summed E-state index contributed by atoms with van der Waals surface area (Å²) in [6.07, 6.45) is 0.107. The van der Waals surface area contributed by atoms with E-state index in [1.807, 2.05) is 50.0 Å². The van der Waals surface area contributed by atoms with Crippen molar-refractivity contribution < 1.29 is 14.3 Å². The molecule has 1 atom stereocenters. The lowest BCUT2D eigenvalue weighted by atomic mass is 10.1. The van der Waals surface area contributed by atoms with Crippen LogP contribution in [0, 0.1) is 0 Å². The second-order valence-corrected chi connectivity index (χ2v) is 11.2. The number of hydrogen-bond donors (Lipinski definition) is 0. The molecule has 0 aliphatic carbocycles. The van der Waals surface area contributed by atoms with E-state index in [9.17, 15) is 9.59 Å². The molecule has 4 nitrogen and oxygen atoms in total. The van der Waals surface area contributed by atoms with Gasteiger partial charge in [0.05, 0.1) is 6.04 Å². The van der Waals surface area contributed by atoms with Crippen LogP contribution in [0.4, 0.5) is 4.79 Å². The number of amides is 1. The molecule has 0 radical (unpaired) electrons.